The number of hydrogen-bond acceptors (Lipinski definition) is 3. The second kappa shape index (κ2) is 5.51. The van der Waals surface area contributed by atoms with Crippen molar-refractivity contribution < 1.29 is 4.42 Å². The van der Waals surface area contributed by atoms with Crippen LogP contribution < -0.4 is 10.6 Å². The zero-order valence-corrected chi connectivity index (χ0v) is 10.3. The van der Waals surface area contributed by atoms with Gasteiger partial charge in [0.15, 0.2) is 0 Å². The van der Waals surface area contributed by atoms with Crippen LogP contribution in [0, 0.1) is 0 Å². The molecule has 16 heavy (non-hydrogen) atoms. The summed E-state index contributed by atoms with van der Waals surface area (Å²) in [5.74, 6) is 1.11. The van der Waals surface area contributed by atoms with Crippen LogP contribution in [0.3, 0.4) is 0 Å². The van der Waals surface area contributed by atoms with Gasteiger partial charge in [-0.1, -0.05) is 6.92 Å². The van der Waals surface area contributed by atoms with Crippen LogP contribution in [0.4, 0.5) is 0 Å². The molecule has 3 heteroatoms. The van der Waals surface area contributed by atoms with Crippen molar-refractivity contribution in [1.82, 2.24) is 10.6 Å². The molecule has 1 aliphatic carbocycles. The summed E-state index contributed by atoms with van der Waals surface area (Å²) in [6.45, 7) is 6.32. The summed E-state index contributed by atoms with van der Waals surface area (Å²) in [7, 11) is 0. The van der Waals surface area contributed by atoms with Crippen LogP contribution in [0.25, 0.3) is 0 Å². The topological polar surface area (TPSA) is 37.2 Å². The normalized spacial score (nSPS) is 17.6. The first kappa shape index (κ1) is 11.7. The summed E-state index contributed by atoms with van der Waals surface area (Å²) in [6.07, 6.45) is 5.46. The summed E-state index contributed by atoms with van der Waals surface area (Å²) >= 11 is 0. The quantitative estimate of drug-likeness (QED) is 0.741. The van der Waals surface area contributed by atoms with E-state index in [2.05, 4.69) is 30.5 Å². The first-order valence-corrected chi connectivity index (χ1v) is 6.31. The van der Waals surface area contributed by atoms with E-state index in [9.17, 15) is 0 Å². The first-order valence-electron chi connectivity index (χ1n) is 6.31. The van der Waals surface area contributed by atoms with Gasteiger partial charge in [0.2, 0.25) is 0 Å². The highest BCUT2D eigenvalue weighted by atomic mass is 16.3. The number of nitrogens with one attached hydrogen (secondary N) is 2. The molecule has 0 radical (unpaired) electrons. The maximum atomic E-state index is 5.40. The molecule has 1 fully saturated rings. The lowest BCUT2D eigenvalue weighted by Gasteiger charge is -2.14. The highest BCUT2D eigenvalue weighted by Gasteiger charge is 2.20. The molecule has 1 aromatic rings. The van der Waals surface area contributed by atoms with Crippen molar-refractivity contribution in [1.29, 1.82) is 0 Å². The predicted molar refractivity (Wildman–Crippen MR) is 65.4 cm³/mol. The van der Waals surface area contributed by atoms with E-state index in [1.165, 1.54) is 18.4 Å². The van der Waals surface area contributed by atoms with E-state index in [-0.39, 0.29) is 0 Å². The van der Waals surface area contributed by atoms with Gasteiger partial charge in [0.05, 0.1) is 6.26 Å². The molecule has 1 aromatic heterocycles. The molecule has 0 spiro atoms. The Bertz CT molecular complexity index is 317. The minimum absolute atomic E-state index is 0.514. The fourth-order valence-corrected chi connectivity index (χ4v) is 1.82. The Morgan fingerprint density at radius 2 is 2.31 bits per heavy atom. The van der Waals surface area contributed by atoms with Crippen molar-refractivity contribution in [3.63, 3.8) is 0 Å². The second-order valence-corrected chi connectivity index (χ2v) is 4.69. The van der Waals surface area contributed by atoms with Gasteiger partial charge < -0.3 is 15.1 Å². The minimum atomic E-state index is 0.514. The number of rotatable bonds is 7. The summed E-state index contributed by atoms with van der Waals surface area (Å²) in [5, 5.41) is 7.05. The maximum absolute atomic E-state index is 5.40. The molecule has 1 saturated carbocycles. The Kier molecular flexibility index (Phi) is 4.02. The van der Waals surface area contributed by atoms with Gasteiger partial charge >= 0.3 is 0 Å². The molecular weight excluding hydrogens is 200 g/mol. The zero-order valence-electron chi connectivity index (χ0n) is 10.3. The lowest BCUT2D eigenvalue weighted by atomic mass is 10.2. The largest absolute Gasteiger partial charge is 0.469 e. The van der Waals surface area contributed by atoms with Crippen molar-refractivity contribution in [2.45, 2.75) is 51.7 Å². The molecule has 0 aromatic carbocycles. The maximum Gasteiger partial charge on any atom is 0.107 e. The highest BCUT2D eigenvalue weighted by Crippen LogP contribution is 2.18. The lowest BCUT2D eigenvalue weighted by Crippen LogP contribution is -2.36. The average molecular weight is 222 g/mol. The van der Waals surface area contributed by atoms with Crippen LogP contribution in [0.1, 0.15) is 38.0 Å². The number of furan rings is 1. The standard InChI is InChI=1S/C13H22N2O/c1-3-13-11(6-7-16-13)9-14-10(2)8-15-12-4-5-12/h6-7,10,12,14-15H,3-5,8-9H2,1-2H3. The van der Waals surface area contributed by atoms with E-state index in [0.717, 1.165) is 31.3 Å². The molecule has 1 unspecified atom stereocenters. The monoisotopic (exact) mass is 222 g/mol. The van der Waals surface area contributed by atoms with Crippen molar-refractivity contribution in [3.8, 4) is 0 Å². The van der Waals surface area contributed by atoms with Crippen molar-refractivity contribution in [3.05, 3.63) is 23.7 Å². The molecule has 90 valence electrons. The van der Waals surface area contributed by atoms with Gasteiger partial charge in [-0.2, -0.15) is 0 Å². The molecule has 1 atom stereocenters. The highest BCUT2D eigenvalue weighted by molar-refractivity contribution is 5.16. The molecular formula is C13H22N2O. The van der Waals surface area contributed by atoms with Gasteiger partial charge in [0.25, 0.3) is 0 Å². The van der Waals surface area contributed by atoms with Crippen LogP contribution in [0.5, 0.6) is 0 Å². The Morgan fingerprint density at radius 3 is 3.00 bits per heavy atom. The number of hydrogen-bond donors (Lipinski definition) is 2. The van der Waals surface area contributed by atoms with Gasteiger partial charge in [0.1, 0.15) is 5.76 Å². The summed E-state index contributed by atoms with van der Waals surface area (Å²) in [5.41, 5.74) is 1.29. The van der Waals surface area contributed by atoms with Crippen molar-refractivity contribution in [2.24, 2.45) is 0 Å². The van der Waals surface area contributed by atoms with Gasteiger partial charge in [-0.25, -0.2) is 0 Å². The summed E-state index contributed by atoms with van der Waals surface area (Å²) in [6, 6.07) is 3.37. The van der Waals surface area contributed by atoms with Crippen molar-refractivity contribution >= 4 is 0 Å². The molecule has 2 rings (SSSR count). The van der Waals surface area contributed by atoms with Crippen LogP contribution in [-0.4, -0.2) is 18.6 Å². The summed E-state index contributed by atoms with van der Waals surface area (Å²) in [4.78, 5) is 0. The van der Waals surface area contributed by atoms with E-state index in [1.54, 1.807) is 6.26 Å². The molecule has 1 aliphatic rings. The third-order valence-electron chi connectivity index (χ3n) is 3.09. The third-order valence-corrected chi connectivity index (χ3v) is 3.09. The lowest BCUT2D eigenvalue weighted by molar-refractivity contribution is 0.483. The predicted octanol–water partition coefficient (Wildman–Crippen LogP) is 2.07. The molecule has 2 N–H and O–H groups in total. The molecule has 0 saturated heterocycles. The van der Waals surface area contributed by atoms with E-state index >= 15 is 0 Å². The van der Waals surface area contributed by atoms with E-state index in [1.807, 2.05) is 0 Å². The first-order chi connectivity index (χ1) is 7.79. The Hall–Kier alpha value is -0.800. The minimum Gasteiger partial charge on any atom is -0.469 e. The van der Waals surface area contributed by atoms with Crippen molar-refractivity contribution in [2.75, 3.05) is 6.54 Å². The van der Waals surface area contributed by atoms with Gasteiger partial charge in [0, 0.05) is 37.2 Å². The van der Waals surface area contributed by atoms with E-state index in [0.29, 0.717) is 6.04 Å². The van der Waals surface area contributed by atoms with Crippen LogP contribution in [0.15, 0.2) is 16.7 Å². The second-order valence-electron chi connectivity index (χ2n) is 4.69. The van der Waals surface area contributed by atoms with Crippen LogP contribution in [-0.2, 0) is 13.0 Å². The Labute approximate surface area is 97.6 Å². The van der Waals surface area contributed by atoms with E-state index in [4.69, 9.17) is 4.42 Å². The SMILES string of the molecule is CCc1occc1CNC(C)CNC1CC1. The Balaban J connectivity index is 1.68. The Morgan fingerprint density at radius 1 is 1.50 bits per heavy atom. The average Bonchev–Trinajstić information content (AvgIpc) is 3.01. The van der Waals surface area contributed by atoms with E-state index < -0.39 is 0 Å². The van der Waals surface area contributed by atoms with Gasteiger partial charge in [-0.3, -0.25) is 0 Å². The van der Waals surface area contributed by atoms with Crippen LogP contribution >= 0.6 is 0 Å². The fraction of sp³-hybridized carbons (Fsp3) is 0.692. The fourth-order valence-electron chi connectivity index (χ4n) is 1.82. The number of aryl methyl sites for hydroxylation is 1. The third kappa shape index (κ3) is 3.35. The molecule has 3 nitrogen and oxygen atoms in total. The van der Waals surface area contributed by atoms with Crippen LogP contribution in [0.2, 0.25) is 0 Å². The zero-order chi connectivity index (χ0) is 11.4. The summed E-state index contributed by atoms with van der Waals surface area (Å²) < 4.78 is 5.40. The molecule has 1 heterocycles. The molecule has 0 bridgehead atoms. The van der Waals surface area contributed by atoms with Gasteiger partial charge in [-0.05, 0) is 25.8 Å². The smallest absolute Gasteiger partial charge is 0.107 e. The van der Waals surface area contributed by atoms with Gasteiger partial charge in [-0.15, -0.1) is 0 Å². The molecule has 0 amide bonds. The molecule has 0 aliphatic heterocycles.